The Labute approximate surface area is 205 Å². The lowest BCUT2D eigenvalue weighted by Crippen LogP contribution is -2.34. The van der Waals surface area contributed by atoms with Crippen molar-refractivity contribution in [2.24, 2.45) is 0 Å². The van der Waals surface area contributed by atoms with E-state index in [2.05, 4.69) is 18.4 Å². The number of rotatable bonds is 6. The van der Waals surface area contributed by atoms with Gasteiger partial charge in [-0.2, -0.15) is 0 Å². The second-order valence-corrected chi connectivity index (χ2v) is 9.42. The highest BCUT2D eigenvalue weighted by Crippen LogP contribution is 2.47. The third-order valence-corrected chi connectivity index (χ3v) is 6.91. The second kappa shape index (κ2) is 9.59. The number of hydrogen-bond donors (Lipinski definition) is 1. The summed E-state index contributed by atoms with van der Waals surface area (Å²) in [6.07, 6.45) is 0.688. The fourth-order valence-corrected chi connectivity index (χ4v) is 4.86. The van der Waals surface area contributed by atoms with Crippen LogP contribution in [0.5, 0.6) is 17.2 Å². The topological polar surface area (TPSA) is 41.9 Å². The van der Waals surface area contributed by atoms with Gasteiger partial charge in [-0.1, -0.05) is 36.4 Å². The number of benzene rings is 3. The molecule has 35 heavy (non-hydrogen) atoms. The van der Waals surface area contributed by atoms with E-state index in [0.29, 0.717) is 18.4 Å². The largest absolute Gasteiger partial charge is 0.508 e. The number of nitrogens with zero attached hydrogens (tertiary/aromatic N) is 1. The molecule has 0 bridgehead atoms. The average Bonchev–Trinajstić information content (AvgIpc) is 3.30. The van der Waals surface area contributed by atoms with E-state index in [1.165, 1.54) is 17.7 Å². The summed E-state index contributed by atoms with van der Waals surface area (Å²) in [5.41, 5.74) is 5.90. The van der Waals surface area contributed by atoms with Crippen LogP contribution in [0, 0.1) is 5.82 Å². The number of likely N-dealkylation sites (tertiary alicyclic amines) is 1. The Morgan fingerprint density at radius 3 is 2.54 bits per heavy atom. The predicted molar refractivity (Wildman–Crippen MR) is 137 cm³/mol. The first-order chi connectivity index (χ1) is 16.9. The zero-order chi connectivity index (χ0) is 24.5. The maximum Gasteiger partial charge on any atom is 0.150 e. The van der Waals surface area contributed by atoms with E-state index in [1.54, 1.807) is 30.3 Å². The molecule has 2 aliphatic heterocycles. The molecule has 0 spiro atoms. The first kappa shape index (κ1) is 23.2. The number of fused-ring (bicyclic) bond motifs is 1. The Balaban J connectivity index is 1.40. The summed E-state index contributed by atoms with van der Waals surface area (Å²) < 4.78 is 26.2. The summed E-state index contributed by atoms with van der Waals surface area (Å²) in [7, 11) is 0. The van der Waals surface area contributed by atoms with E-state index in [-0.39, 0.29) is 17.7 Å². The van der Waals surface area contributed by atoms with Crippen LogP contribution in [0.15, 0.2) is 78.9 Å². The van der Waals surface area contributed by atoms with Crippen LogP contribution in [0.25, 0.3) is 11.1 Å². The Morgan fingerprint density at radius 1 is 1.11 bits per heavy atom. The van der Waals surface area contributed by atoms with Crippen LogP contribution >= 0.6 is 0 Å². The van der Waals surface area contributed by atoms with Gasteiger partial charge in [0, 0.05) is 30.3 Å². The van der Waals surface area contributed by atoms with Crippen LogP contribution in [0.3, 0.4) is 0 Å². The number of ether oxygens (including phenoxy) is 2. The van der Waals surface area contributed by atoms with Gasteiger partial charge >= 0.3 is 0 Å². The van der Waals surface area contributed by atoms with Crippen molar-refractivity contribution < 1.29 is 19.0 Å². The number of hydrogen-bond acceptors (Lipinski definition) is 4. The second-order valence-electron chi connectivity index (χ2n) is 9.42. The molecule has 2 atom stereocenters. The number of aromatic hydroxyl groups is 1. The summed E-state index contributed by atoms with van der Waals surface area (Å²) in [6, 6.07) is 19.9. The lowest BCUT2D eigenvalue weighted by molar-refractivity contribution is 0.175. The van der Waals surface area contributed by atoms with Crippen molar-refractivity contribution in [2.45, 2.75) is 32.4 Å². The highest BCUT2D eigenvalue weighted by atomic mass is 19.1. The molecule has 1 saturated heterocycles. The van der Waals surface area contributed by atoms with Crippen LogP contribution in [-0.2, 0) is 0 Å². The van der Waals surface area contributed by atoms with Crippen LogP contribution < -0.4 is 9.47 Å². The van der Waals surface area contributed by atoms with Gasteiger partial charge in [0.25, 0.3) is 0 Å². The molecule has 180 valence electrons. The number of phenols is 1. The maximum atomic E-state index is 13.7. The molecule has 0 saturated carbocycles. The fraction of sp³-hybridized carbons (Fsp3) is 0.267. The van der Waals surface area contributed by atoms with E-state index in [4.69, 9.17) is 9.47 Å². The van der Waals surface area contributed by atoms with Crippen molar-refractivity contribution in [1.29, 1.82) is 0 Å². The summed E-state index contributed by atoms with van der Waals surface area (Å²) in [6.45, 7) is 10.9. The molecule has 0 aliphatic carbocycles. The van der Waals surface area contributed by atoms with Crippen molar-refractivity contribution in [3.8, 4) is 17.2 Å². The minimum absolute atomic E-state index is 0.178. The number of allylic oxidation sites excluding steroid dienone is 1. The minimum atomic E-state index is -0.374. The predicted octanol–water partition coefficient (Wildman–Crippen LogP) is 6.62. The quantitative estimate of drug-likeness (QED) is 0.410. The summed E-state index contributed by atoms with van der Waals surface area (Å²) in [5.74, 6) is 1.41. The summed E-state index contributed by atoms with van der Waals surface area (Å²) >= 11 is 0. The molecular formula is C30H30FNO3. The molecule has 4 nitrogen and oxygen atoms in total. The minimum Gasteiger partial charge on any atom is -0.508 e. The zero-order valence-electron chi connectivity index (χ0n) is 20.1. The van der Waals surface area contributed by atoms with Gasteiger partial charge in [0.2, 0.25) is 0 Å². The Hall–Kier alpha value is -3.57. The lowest BCUT2D eigenvalue weighted by Gasteiger charge is -2.31. The van der Waals surface area contributed by atoms with Crippen molar-refractivity contribution in [2.75, 3.05) is 19.7 Å². The molecule has 2 aliphatic rings. The van der Waals surface area contributed by atoms with Crippen LogP contribution in [-0.4, -0.2) is 35.7 Å². The third-order valence-electron chi connectivity index (χ3n) is 6.91. The number of phenolic OH excluding ortho intramolecular Hbond substituents is 1. The summed E-state index contributed by atoms with van der Waals surface area (Å²) in [4.78, 5) is 2.39. The van der Waals surface area contributed by atoms with Gasteiger partial charge in [-0.25, -0.2) is 4.39 Å². The van der Waals surface area contributed by atoms with E-state index in [0.717, 1.165) is 53.1 Å². The third kappa shape index (κ3) is 4.82. The molecule has 1 fully saturated rings. The van der Waals surface area contributed by atoms with Gasteiger partial charge in [-0.3, -0.25) is 4.90 Å². The van der Waals surface area contributed by atoms with E-state index >= 15 is 0 Å². The van der Waals surface area contributed by atoms with E-state index in [9.17, 15) is 9.50 Å². The Bertz CT molecular complexity index is 1260. The zero-order valence-corrected chi connectivity index (χ0v) is 20.1. The molecule has 0 aromatic heterocycles. The molecule has 0 unspecified atom stereocenters. The Morgan fingerprint density at radius 2 is 1.86 bits per heavy atom. The molecule has 3 aromatic rings. The van der Waals surface area contributed by atoms with Gasteiger partial charge in [0.05, 0.1) is 0 Å². The van der Waals surface area contributed by atoms with Gasteiger partial charge in [0.1, 0.15) is 35.8 Å². The molecule has 1 N–H and O–H groups in total. The molecule has 5 rings (SSSR count). The highest BCUT2D eigenvalue weighted by Gasteiger charge is 2.29. The number of halogens is 1. The van der Waals surface area contributed by atoms with Gasteiger partial charge in [-0.15, -0.1) is 0 Å². The molecular weight excluding hydrogens is 441 g/mol. The molecule has 5 heteroatoms. The molecule has 0 amide bonds. The normalized spacial score (nSPS) is 18.8. The van der Waals surface area contributed by atoms with E-state index < -0.39 is 0 Å². The van der Waals surface area contributed by atoms with Crippen molar-refractivity contribution >= 4 is 11.1 Å². The molecule has 0 radical (unpaired) electrons. The van der Waals surface area contributed by atoms with Gasteiger partial charge in [0.15, 0.2) is 0 Å². The van der Waals surface area contributed by atoms with Gasteiger partial charge < -0.3 is 14.6 Å². The first-order valence-electron chi connectivity index (χ1n) is 12.0. The smallest absolute Gasteiger partial charge is 0.150 e. The lowest BCUT2D eigenvalue weighted by atomic mass is 9.86. The SMILES string of the molecule is C=C1CCN([C@@H](C)COc2ccc([C@@H]3Oc4ccc(O)cc4C(C)=C3c3ccc(F)cc3)cc2)C1. The van der Waals surface area contributed by atoms with Crippen molar-refractivity contribution in [3.05, 3.63) is 101 Å². The first-order valence-corrected chi connectivity index (χ1v) is 12.0. The van der Waals surface area contributed by atoms with E-state index in [1.807, 2.05) is 31.2 Å². The van der Waals surface area contributed by atoms with Crippen molar-refractivity contribution in [3.63, 3.8) is 0 Å². The van der Waals surface area contributed by atoms with Crippen LogP contribution in [0.4, 0.5) is 4.39 Å². The monoisotopic (exact) mass is 471 g/mol. The fourth-order valence-electron chi connectivity index (χ4n) is 4.86. The highest BCUT2D eigenvalue weighted by molar-refractivity contribution is 5.95. The molecule has 3 aromatic carbocycles. The average molecular weight is 472 g/mol. The maximum absolute atomic E-state index is 13.7. The standard InChI is InChI=1S/C30H30FNO3/c1-19-14-15-32(17-19)20(2)18-34-26-11-6-23(7-12-26)30-29(22-4-8-24(31)9-5-22)21(3)27-16-25(33)10-13-28(27)35-30/h4-13,16,20,30,33H,1,14-15,17-18H2,2-3H3/t20-,30-/m0/s1. The van der Waals surface area contributed by atoms with Crippen LogP contribution in [0.2, 0.25) is 0 Å². The van der Waals surface area contributed by atoms with Crippen molar-refractivity contribution in [1.82, 2.24) is 4.90 Å². The Kier molecular flexibility index (Phi) is 6.35. The molecule has 2 heterocycles. The summed E-state index contributed by atoms with van der Waals surface area (Å²) in [5, 5.41) is 10.0. The van der Waals surface area contributed by atoms with Crippen LogP contribution in [0.1, 0.15) is 43.1 Å². The van der Waals surface area contributed by atoms with Gasteiger partial charge in [-0.05, 0) is 79.4 Å².